The first-order valence-corrected chi connectivity index (χ1v) is 10.9. The Morgan fingerprint density at radius 1 is 0.875 bits per heavy atom. The molecule has 0 N–H and O–H groups in total. The van der Waals surface area contributed by atoms with Gasteiger partial charge < -0.3 is 0 Å². The van der Waals surface area contributed by atoms with Crippen LogP contribution in [0.1, 0.15) is 77.6 Å². The number of ketones is 1. The van der Waals surface area contributed by atoms with Crippen molar-refractivity contribution in [3.63, 3.8) is 0 Å². The lowest BCUT2D eigenvalue weighted by Gasteiger charge is -2.59. The largest absolute Gasteiger partial charge is 0.295 e. The zero-order chi connectivity index (χ0) is 16.3. The van der Waals surface area contributed by atoms with Crippen LogP contribution in [0.25, 0.3) is 0 Å². The van der Waals surface area contributed by atoms with Gasteiger partial charge in [0, 0.05) is 6.42 Å². The second-order valence-corrected chi connectivity index (χ2v) is 10.2. The van der Waals surface area contributed by atoms with Gasteiger partial charge in [-0.25, -0.2) is 0 Å². The highest BCUT2D eigenvalue weighted by Crippen LogP contribution is 2.62. The Kier molecular flexibility index (Phi) is 3.72. The number of carbonyl (C=O) groups excluding carboxylic acids is 1. The third-order valence-corrected chi connectivity index (χ3v) is 9.33. The summed E-state index contributed by atoms with van der Waals surface area (Å²) >= 11 is 0. The molecule has 0 aromatic rings. The van der Waals surface area contributed by atoms with Crippen LogP contribution in [0.2, 0.25) is 0 Å². The zero-order valence-corrected chi connectivity index (χ0v) is 15.4. The van der Waals surface area contributed by atoms with Gasteiger partial charge in [-0.2, -0.15) is 0 Å². The summed E-state index contributed by atoms with van der Waals surface area (Å²) in [5, 5.41) is 0. The van der Waals surface area contributed by atoms with E-state index in [2.05, 4.69) is 13.0 Å². The molecule has 0 amide bonds. The minimum absolute atomic E-state index is 0.388. The maximum Gasteiger partial charge on any atom is 0.155 e. The van der Waals surface area contributed by atoms with Gasteiger partial charge in [0.1, 0.15) is 0 Å². The molecule has 4 fully saturated rings. The molecule has 24 heavy (non-hydrogen) atoms. The number of rotatable bonds is 0. The van der Waals surface area contributed by atoms with Crippen LogP contribution >= 0.6 is 0 Å². The molecule has 0 spiro atoms. The number of fused-ring (bicyclic) bond motifs is 7. The van der Waals surface area contributed by atoms with E-state index in [9.17, 15) is 4.79 Å². The van der Waals surface area contributed by atoms with Crippen molar-refractivity contribution in [1.82, 2.24) is 0 Å². The number of hydrogen-bond acceptors (Lipinski definition) is 1. The van der Waals surface area contributed by atoms with Crippen LogP contribution in [0.5, 0.6) is 0 Å². The summed E-state index contributed by atoms with van der Waals surface area (Å²) in [5.41, 5.74) is 0.681. The fourth-order valence-corrected chi connectivity index (χ4v) is 8.28. The fourth-order valence-electron chi connectivity index (χ4n) is 8.28. The Morgan fingerprint density at radius 2 is 1.67 bits per heavy atom. The quantitative estimate of drug-likeness (QED) is 0.550. The van der Waals surface area contributed by atoms with Gasteiger partial charge >= 0.3 is 0 Å². The lowest BCUT2D eigenvalue weighted by atomic mass is 9.45. The minimum Gasteiger partial charge on any atom is -0.295 e. The maximum atomic E-state index is 11.8. The second-order valence-electron chi connectivity index (χ2n) is 10.2. The Bertz CT molecular complexity index is 548. The third kappa shape index (κ3) is 2.29. The summed E-state index contributed by atoms with van der Waals surface area (Å²) in [4.78, 5) is 11.8. The van der Waals surface area contributed by atoms with Crippen molar-refractivity contribution < 1.29 is 4.79 Å². The molecule has 1 nitrogen and oxygen atoms in total. The molecule has 7 unspecified atom stereocenters. The molecule has 4 saturated carbocycles. The molecular formula is C23H34O. The molecule has 0 aromatic heterocycles. The molecule has 1 heteroatoms. The van der Waals surface area contributed by atoms with Gasteiger partial charge in [-0.3, -0.25) is 4.79 Å². The summed E-state index contributed by atoms with van der Waals surface area (Å²) in [7, 11) is 0. The summed E-state index contributed by atoms with van der Waals surface area (Å²) in [6, 6.07) is 0. The second kappa shape index (κ2) is 5.71. The van der Waals surface area contributed by atoms with Crippen LogP contribution in [0.3, 0.4) is 0 Å². The molecule has 0 saturated heterocycles. The highest BCUT2D eigenvalue weighted by Gasteiger charge is 2.54. The van der Waals surface area contributed by atoms with Gasteiger partial charge in [0.15, 0.2) is 5.78 Å². The predicted octanol–water partition coefficient (Wildman–Crippen LogP) is 5.79. The van der Waals surface area contributed by atoms with Gasteiger partial charge in [-0.05, 0) is 104 Å². The van der Waals surface area contributed by atoms with E-state index in [1.165, 1.54) is 64.2 Å². The first kappa shape index (κ1) is 15.6. The zero-order valence-electron chi connectivity index (χ0n) is 15.4. The Morgan fingerprint density at radius 3 is 2.58 bits per heavy atom. The first-order valence-electron chi connectivity index (χ1n) is 10.9. The molecule has 132 valence electrons. The summed E-state index contributed by atoms with van der Waals surface area (Å²) in [5.74, 6) is 6.79. The van der Waals surface area contributed by atoms with Gasteiger partial charge in [-0.15, -0.1) is 0 Å². The van der Waals surface area contributed by atoms with Crippen molar-refractivity contribution >= 4 is 5.78 Å². The van der Waals surface area contributed by atoms with Crippen LogP contribution in [0.15, 0.2) is 12.2 Å². The van der Waals surface area contributed by atoms with E-state index >= 15 is 0 Å². The monoisotopic (exact) mass is 326 g/mol. The summed E-state index contributed by atoms with van der Waals surface area (Å²) < 4.78 is 0. The van der Waals surface area contributed by atoms with Crippen molar-refractivity contribution in [2.75, 3.05) is 0 Å². The highest BCUT2D eigenvalue weighted by molar-refractivity contribution is 5.90. The maximum absolute atomic E-state index is 11.8. The highest BCUT2D eigenvalue weighted by atomic mass is 16.1. The fraction of sp³-hybridized carbons (Fsp3) is 0.870. The lowest BCUT2D eigenvalue weighted by Crippen LogP contribution is -2.51. The minimum atomic E-state index is 0.388. The molecule has 0 heterocycles. The average molecular weight is 327 g/mol. The Labute approximate surface area is 147 Å². The molecule has 5 aliphatic rings. The van der Waals surface area contributed by atoms with E-state index in [0.29, 0.717) is 17.1 Å². The standard InChI is InChI=1S/C23H34O/c1-23-12-3-2-4-22(23)21-10-9-18-17-8-6-16(24)14-15(17)5-7-19(18)20(21)11-13-23/h6,8,15,17-22H,2-5,7,9-14H2,1H3/t15?,17?,18?,19?,20?,21?,22?,23-/m1/s1. The predicted molar refractivity (Wildman–Crippen MR) is 97.5 cm³/mol. The first-order chi connectivity index (χ1) is 11.7. The average Bonchev–Trinajstić information content (AvgIpc) is 2.60. The van der Waals surface area contributed by atoms with Crippen LogP contribution in [-0.4, -0.2) is 5.78 Å². The lowest BCUT2D eigenvalue weighted by molar-refractivity contribution is -0.120. The smallest absolute Gasteiger partial charge is 0.155 e. The van der Waals surface area contributed by atoms with Crippen molar-refractivity contribution in [2.24, 2.45) is 46.8 Å². The van der Waals surface area contributed by atoms with Crippen molar-refractivity contribution in [1.29, 1.82) is 0 Å². The van der Waals surface area contributed by atoms with Gasteiger partial charge in [0.05, 0.1) is 0 Å². The van der Waals surface area contributed by atoms with E-state index in [1.54, 1.807) is 0 Å². The molecule has 0 radical (unpaired) electrons. The van der Waals surface area contributed by atoms with Crippen LogP contribution < -0.4 is 0 Å². The topological polar surface area (TPSA) is 17.1 Å². The van der Waals surface area contributed by atoms with E-state index < -0.39 is 0 Å². The number of carbonyl (C=O) groups is 1. The molecular weight excluding hydrogens is 292 g/mol. The van der Waals surface area contributed by atoms with E-state index in [4.69, 9.17) is 0 Å². The van der Waals surface area contributed by atoms with Gasteiger partial charge in [0.2, 0.25) is 0 Å². The molecule has 8 atom stereocenters. The normalized spacial score (nSPS) is 53.5. The van der Waals surface area contributed by atoms with Crippen LogP contribution in [0.4, 0.5) is 0 Å². The summed E-state index contributed by atoms with van der Waals surface area (Å²) in [6.07, 6.45) is 19.8. The molecule has 5 rings (SSSR count). The van der Waals surface area contributed by atoms with E-state index in [0.717, 1.165) is 41.9 Å². The molecule has 0 aliphatic heterocycles. The van der Waals surface area contributed by atoms with E-state index in [-0.39, 0.29) is 0 Å². The Hall–Kier alpha value is -0.590. The van der Waals surface area contributed by atoms with Crippen LogP contribution in [-0.2, 0) is 4.79 Å². The molecule has 0 bridgehead atoms. The van der Waals surface area contributed by atoms with Crippen molar-refractivity contribution in [3.8, 4) is 0 Å². The van der Waals surface area contributed by atoms with Crippen molar-refractivity contribution in [3.05, 3.63) is 12.2 Å². The third-order valence-electron chi connectivity index (χ3n) is 9.33. The number of hydrogen-bond donors (Lipinski definition) is 0. The van der Waals surface area contributed by atoms with Crippen LogP contribution in [0, 0.1) is 46.8 Å². The molecule has 0 aromatic carbocycles. The molecule has 5 aliphatic carbocycles. The van der Waals surface area contributed by atoms with Gasteiger partial charge in [-0.1, -0.05) is 25.8 Å². The van der Waals surface area contributed by atoms with E-state index in [1.807, 2.05) is 6.08 Å². The SMILES string of the molecule is C[C@]12CCCCC1C1CCC3C4C=CC(=O)CC4CCC3C1CC2. The number of allylic oxidation sites excluding steroid dienone is 2. The van der Waals surface area contributed by atoms with Crippen molar-refractivity contribution in [2.45, 2.75) is 77.6 Å². The Balaban J connectivity index is 1.40. The summed E-state index contributed by atoms with van der Waals surface area (Å²) in [6.45, 7) is 2.63. The van der Waals surface area contributed by atoms with Gasteiger partial charge in [0.25, 0.3) is 0 Å².